The Hall–Kier alpha value is -1.55. The number of nitrogens with two attached hydrogens (primary N) is 4. The van der Waals surface area contributed by atoms with Gasteiger partial charge in [-0.15, -0.1) is 0 Å². The highest BCUT2D eigenvalue weighted by Crippen LogP contribution is 2.32. The lowest BCUT2D eigenvalue weighted by Crippen LogP contribution is -2.69. The van der Waals surface area contributed by atoms with Gasteiger partial charge in [-0.05, 0) is 19.4 Å². The van der Waals surface area contributed by atoms with Crippen molar-refractivity contribution in [3.63, 3.8) is 0 Å². The fraction of sp³-hybridized carbons (Fsp3) is 0.917. The molecule has 270 valence electrons. The third-order valence-corrected chi connectivity index (χ3v) is 8.28. The summed E-state index contributed by atoms with van der Waals surface area (Å²) in [6.07, 6.45) is -19.8. The number of carbonyl (C=O) groups is 2. The van der Waals surface area contributed by atoms with Crippen LogP contribution in [0.4, 0.5) is 0 Å². The smallest absolute Gasteiger partial charge is 0.249 e. The van der Waals surface area contributed by atoms with Gasteiger partial charge in [-0.25, -0.2) is 8.42 Å². The Kier molecular flexibility index (Phi) is 16.1. The molecular formula is C24H47N5O16S. The minimum Gasteiger partial charge on any atom is -0.394 e. The number of hydrogen-bond donors (Lipinski definition) is 14. The molecule has 0 aromatic rings. The van der Waals surface area contributed by atoms with Crippen LogP contribution in [0.1, 0.15) is 19.8 Å². The molecule has 0 unspecified atom stereocenters. The van der Waals surface area contributed by atoms with Gasteiger partial charge in [0.25, 0.3) is 0 Å². The summed E-state index contributed by atoms with van der Waals surface area (Å²) in [5.41, 5.74) is 23.1. The van der Waals surface area contributed by atoms with E-state index in [1.54, 1.807) is 0 Å². The molecule has 1 saturated carbocycles. The maximum absolute atomic E-state index is 12.6. The lowest BCUT2D eigenvalue weighted by molar-refractivity contribution is -0.332. The van der Waals surface area contributed by atoms with Crippen LogP contribution >= 0.6 is 0 Å². The quantitative estimate of drug-likeness (QED) is 0.0944. The van der Waals surface area contributed by atoms with Crippen LogP contribution in [0.3, 0.4) is 0 Å². The number of thiol groups is 1. The first kappa shape index (κ1) is 40.6. The van der Waals surface area contributed by atoms with Crippen molar-refractivity contribution >= 4 is 21.7 Å². The van der Waals surface area contributed by atoms with Crippen LogP contribution in [-0.2, 0) is 39.2 Å². The molecule has 0 radical (unpaired) electrons. The normalized spacial score (nSPS) is 42.1. The minimum absolute atomic E-state index is 0.0101. The molecule has 2 heterocycles. The topological polar surface area (TPSA) is 383 Å². The Labute approximate surface area is 265 Å². The van der Waals surface area contributed by atoms with Crippen molar-refractivity contribution < 1.29 is 77.8 Å². The average Bonchev–Trinajstić information content (AvgIpc) is 3.01. The number of aliphatic hydroxyl groups excluding tert-OH is 8. The second-order valence-electron chi connectivity index (χ2n) is 11.1. The SMILES string of the molecule is CC(=O)[SH](=O)=O.NCC[C@H](O)C(=O)N[C@@H]1C[C@H](N)[C@@H](O[C@H]2O[C@H](CN)[C@@H](O)[C@H](O)[C@H]2O)[C@H](O)[C@H]1O[C@H]1O[C@H](CO)[C@@H](O)[C@H](N)[C@H]1O. The largest absolute Gasteiger partial charge is 0.394 e. The Morgan fingerprint density at radius 1 is 0.870 bits per heavy atom. The average molecular weight is 694 g/mol. The molecule has 1 aliphatic carbocycles. The van der Waals surface area contributed by atoms with Crippen molar-refractivity contribution in [3.8, 4) is 0 Å². The van der Waals surface area contributed by atoms with Crippen molar-refractivity contribution in [1.82, 2.24) is 5.32 Å². The molecule has 16 atom stereocenters. The van der Waals surface area contributed by atoms with E-state index in [1.165, 1.54) is 0 Å². The monoisotopic (exact) mass is 693 g/mol. The predicted octanol–water partition coefficient (Wildman–Crippen LogP) is -9.28. The number of aliphatic hydroxyl groups is 8. The summed E-state index contributed by atoms with van der Waals surface area (Å²) in [7, 11) is -2.80. The summed E-state index contributed by atoms with van der Waals surface area (Å²) in [5.74, 6) is -0.845. The highest BCUT2D eigenvalue weighted by Gasteiger charge is 2.52. The Morgan fingerprint density at radius 2 is 1.41 bits per heavy atom. The van der Waals surface area contributed by atoms with Gasteiger partial charge >= 0.3 is 0 Å². The van der Waals surface area contributed by atoms with Crippen LogP contribution < -0.4 is 28.3 Å². The lowest BCUT2D eigenvalue weighted by Gasteiger charge is -2.49. The van der Waals surface area contributed by atoms with Crippen LogP contribution in [0, 0.1) is 0 Å². The second kappa shape index (κ2) is 18.3. The van der Waals surface area contributed by atoms with E-state index in [9.17, 15) is 58.9 Å². The molecule has 46 heavy (non-hydrogen) atoms. The van der Waals surface area contributed by atoms with Gasteiger partial charge in [0.05, 0.1) is 18.7 Å². The number of hydrogen-bond acceptors (Lipinski definition) is 20. The van der Waals surface area contributed by atoms with E-state index in [4.69, 9.17) is 41.9 Å². The van der Waals surface area contributed by atoms with Crippen LogP contribution in [0.2, 0.25) is 0 Å². The third kappa shape index (κ3) is 9.99. The summed E-state index contributed by atoms with van der Waals surface area (Å²) in [4.78, 5) is 22.1. The number of nitrogens with one attached hydrogen (secondary N) is 1. The second-order valence-corrected chi connectivity index (χ2v) is 12.3. The highest BCUT2D eigenvalue weighted by molar-refractivity contribution is 7.89. The summed E-state index contributed by atoms with van der Waals surface area (Å²) >= 11 is 0. The molecule has 17 N–H and O–H groups in total. The number of ether oxygens (including phenoxy) is 4. The van der Waals surface area contributed by atoms with Gasteiger partial charge < -0.3 is 88.1 Å². The van der Waals surface area contributed by atoms with Crippen molar-refractivity contribution in [2.24, 2.45) is 22.9 Å². The van der Waals surface area contributed by atoms with E-state index in [0.717, 1.165) is 6.92 Å². The number of rotatable bonds is 10. The molecule has 2 saturated heterocycles. The van der Waals surface area contributed by atoms with Crippen molar-refractivity contribution in [2.75, 3.05) is 19.7 Å². The van der Waals surface area contributed by atoms with Crippen LogP contribution in [0.15, 0.2) is 0 Å². The van der Waals surface area contributed by atoms with Crippen LogP contribution in [0.5, 0.6) is 0 Å². The van der Waals surface area contributed by atoms with Crippen molar-refractivity contribution in [2.45, 2.75) is 118 Å². The Morgan fingerprint density at radius 3 is 1.93 bits per heavy atom. The van der Waals surface area contributed by atoms with E-state index in [1.807, 2.05) is 0 Å². The molecule has 0 aromatic carbocycles. The van der Waals surface area contributed by atoms with Gasteiger partial charge in [0.15, 0.2) is 12.6 Å². The molecule has 3 rings (SSSR count). The minimum atomic E-state index is -2.80. The first-order valence-corrected chi connectivity index (χ1v) is 15.5. The summed E-state index contributed by atoms with van der Waals surface area (Å²) in [5, 5.41) is 84.1. The molecule has 0 aromatic heterocycles. The fourth-order valence-electron chi connectivity index (χ4n) is 5.07. The van der Waals surface area contributed by atoms with Crippen LogP contribution in [-0.4, -0.2) is 178 Å². The zero-order valence-corrected chi connectivity index (χ0v) is 25.8. The molecule has 22 heteroatoms. The molecule has 3 fully saturated rings. The van der Waals surface area contributed by atoms with E-state index in [-0.39, 0.29) is 25.9 Å². The van der Waals surface area contributed by atoms with E-state index < -0.39 is 126 Å². The predicted molar refractivity (Wildman–Crippen MR) is 152 cm³/mol. The zero-order valence-electron chi connectivity index (χ0n) is 24.9. The van der Waals surface area contributed by atoms with Crippen molar-refractivity contribution in [3.05, 3.63) is 0 Å². The van der Waals surface area contributed by atoms with E-state index >= 15 is 0 Å². The van der Waals surface area contributed by atoms with Gasteiger partial charge in [0.2, 0.25) is 21.7 Å². The third-order valence-electron chi connectivity index (χ3n) is 7.77. The van der Waals surface area contributed by atoms with E-state index in [2.05, 4.69) is 5.32 Å². The van der Waals surface area contributed by atoms with Gasteiger partial charge in [-0.1, -0.05) is 0 Å². The van der Waals surface area contributed by atoms with Gasteiger partial charge in [0.1, 0.15) is 67.1 Å². The van der Waals surface area contributed by atoms with Gasteiger partial charge in [-0.2, -0.15) is 0 Å². The lowest BCUT2D eigenvalue weighted by atomic mass is 9.83. The van der Waals surface area contributed by atoms with Gasteiger partial charge in [-0.3, -0.25) is 9.59 Å². The summed E-state index contributed by atoms with van der Waals surface area (Å²) < 4.78 is 41.3. The summed E-state index contributed by atoms with van der Waals surface area (Å²) in [6.45, 7) is 0.107. The highest BCUT2D eigenvalue weighted by atomic mass is 32.2. The standard InChI is InChI=1S/C22H43N5O13.C2H4O3S/c23-2-1-8(29)20(36)27-7-3-6(25)18(39-22-16(34)15(33)13(31)9(4-24)37-22)17(35)19(7)40-21-14(32)11(26)12(30)10(5-28)38-21;1-2(3)6(4)5/h6-19,21-22,28-35H,1-5,23-26H2,(H,27,36);6H,1H3/t6-,7+,8-,9+,10+,11-,12+,13+,14+,15-,16+,17-,18+,19-,21+,22+;/m0./s1. The molecule has 0 spiro atoms. The number of amides is 1. The zero-order chi connectivity index (χ0) is 35.0. The maximum Gasteiger partial charge on any atom is 0.249 e. The summed E-state index contributed by atoms with van der Waals surface area (Å²) in [6, 6.07) is -3.45. The molecule has 3 aliphatic rings. The molecule has 0 bridgehead atoms. The first-order chi connectivity index (χ1) is 21.5. The number of carbonyl (C=O) groups excluding carboxylic acids is 2. The maximum atomic E-state index is 12.6. The molecule has 21 nitrogen and oxygen atoms in total. The first-order valence-electron chi connectivity index (χ1n) is 14.4. The Bertz CT molecular complexity index is 1050. The molecule has 1 amide bonds. The van der Waals surface area contributed by atoms with Crippen molar-refractivity contribution in [1.29, 1.82) is 0 Å². The van der Waals surface area contributed by atoms with E-state index in [0.29, 0.717) is 0 Å². The van der Waals surface area contributed by atoms with Crippen LogP contribution in [0.25, 0.3) is 0 Å². The Balaban J connectivity index is 0.00000112. The molecular weight excluding hydrogens is 646 g/mol. The van der Waals surface area contributed by atoms with Gasteiger partial charge in [0, 0.05) is 19.5 Å². The molecule has 2 aliphatic heterocycles. The fourth-order valence-corrected chi connectivity index (χ4v) is 5.07.